The van der Waals surface area contributed by atoms with Crippen molar-refractivity contribution >= 4 is 34.8 Å². The van der Waals surface area contributed by atoms with E-state index in [2.05, 4.69) is 22.1 Å². The molecule has 1 saturated heterocycles. The number of nitrogens with one attached hydrogen (secondary N) is 1. The van der Waals surface area contributed by atoms with E-state index in [4.69, 9.17) is 34.8 Å². The highest BCUT2D eigenvalue weighted by Crippen LogP contribution is 2.36. The Kier molecular flexibility index (Phi) is 4.50. The second-order valence-electron chi connectivity index (χ2n) is 4.09. The van der Waals surface area contributed by atoms with Crippen LogP contribution in [-0.2, 0) is 0 Å². The maximum atomic E-state index is 6.19. The van der Waals surface area contributed by atoms with Gasteiger partial charge in [0, 0.05) is 44.0 Å². The van der Waals surface area contributed by atoms with Crippen LogP contribution in [0.25, 0.3) is 0 Å². The van der Waals surface area contributed by atoms with Crippen LogP contribution in [0.4, 0.5) is 0 Å². The van der Waals surface area contributed by atoms with Gasteiger partial charge in [-0.3, -0.25) is 4.90 Å². The third-order valence-electron chi connectivity index (χ3n) is 3.08. The van der Waals surface area contributed by atoms with Gasteiger partial charge in [-0.15, -0.1) is 0 Å². The molecule has 0 aliphatic carbocycles. The molecule has 0 amide bonds. The van der Waals surface area contributed by atoms with Crippen LogP contribution >= 0.6 is 34.8 Å². The molecule has 0 bridgehead atoms. The lowest BCUT2D eigenvalue weighted by molar-refractivity contribution is 0.185. The standard InChI is InChI=1S/C11H14Cl3N3/c1-7(17-4-2-15-3-5-17)9-8(12)6-16-11(14)10(9)13/h6-7,15H,2-5H2,1H3/t7-/m0/s1. The first-order valence-electron chi connectivity index (χ1n) is 5.55. The number of pyridine rings is 1. The van der Waals surface area contributed by atoms with Crippen LogP contribution in [-0.4, -0.2) is 36.1 Å². The fourth-order valence-electron chi connectivity index (χ4n) is 2.09. The summed E-state index contributed by atoms with van der Waals surface area (Å²) in [6, 6.07) is 0.151. The third kappa shape index (κ3) is 2.85. The minimum absolute atomic E-state index is 0.151. The lowest BCUT2D eigenvalue weighted by Crippen LogP contribution is -2.44. The van der Waals surface area contributed by atoms with Gasteiger partial charge >= 0.3 is 0 Å². The molecule has 1 fully saturated rings. The molecular weight excluding hydrogens is 281 g/mol. The van der Waals surface area contributed by atoms with Gasteiger partial charge in [-0.2, -0.15) is 0 Å². The van der Waals surface area contributed by atoms with Crippen LogP contribution in [0.15, 0.2) is 6.20 Å². The van der Waals surface area contributed by atoms with Crippen molar-refractivity contribution in [3.63, 3.8) is 0 Å². The molecule has 0 spiro atoms. The zero-order valence-corrected chi connectivity index (χ0v) is 11.8. The summed E-state index contributed by atoms with van der Waals surface area (Å²) >= 11 is 18.3. The quantitative estimate of drug-likeness (QED) is 0.850. The molecule has 2 heterocycles. The summed E-state index contributed by atoms with van der Waals surface area (Å²) in [5.74, 6) is 0. The first-order chi connectivity index (χ1) is 8.11. The van der Waals surface area contributed by atoms with Crippen molar-refractivity contribution in [1.82, 2.24) is 15.2 Å². The van der Waals surface area contributed by atoms with Crippen molar-refractivity contribution in [2.24, 2.45) is 0 Å². The van der Waals surface area contributed by atoms with Crippen molar-refractivity contribution in [2.75, 3.05) is 26.2 Å². The molecule has 0 aromatic carbocycles. The number of hydrogen-bond acceptors (Lipinski definition) is 3. The predicted octanol–water partition coefficient (Wildman–Crippen LogP) is 3.01. The number of aromatic nitrogens is 1. The molecule has 1 aromatic heterocycles. The van der Waals surface area contributed by atoms with Crippen molar-refractivity contribution in [1.29, 1.82) is 0 Å². The second kappa shape index (κ2) is 5.72. The molecule has 0 radical (unpaired) electrons. The second-order valence-corrected chi connectivity index (χ2v) is 5.23. The fraction of sp³-hybridized carbons (Fsp3) is 0.545. The molecule has 3 nitrogen and oxygen atoms in total. The van der Waals surface area contributed by atoms with Crippen LogP contribution in [0.5, 0.6) is 0 Å². The zero-order chi connectivity index (χ0) is 12.4. The Morgan fingerprint density at radius 3 is 2.59 bits per heavy atom. The van der Waals surface area contributed by atoms with Crippen LogP contribution in [0.3, 0.4) is 0 Å². The molecular formula is C11H14Cl3N3. The highest BCUT2D eigenvalue weighted by Gasteiger charge is 2.23. The Labute approximate surface area is 116 Å². The summed E-state index contributed by atoms with van der Waals surface area (Å²) in [5, 5.41) is 4.67. The lowest BCUT2D eigenvalue weighted by Gasteiger charge is -2.33. The minimum Gasteiger partial charge on any atom is -0.314 e. The number of rotatable bonds is 2. The van der Waals surface area contributed by atoms with E-state index in [1.54, 1.807) is 6.20 Å². The van der Waals surface area contributed by atoms with Crippen LogP contribution in [0, 0.1) is 0 Å². The van der Waals surface area contributed by atoms with E-state index in [-0.39, 0.29) is 6.04 Å². The van der Waals surface area contributed by atoms with Gasteiger partial charge < -0.3 is 5.32 Å². The van der Waals surface area contributed by atoms with Crippen molar-refractivity contribution in [3.05, 3.63) is 27.0 Å². The lowest BCUT2D eigenvalue weighted by atomic mass is 10.1. The highest BCUT2D eigenvalue weighted by atomic mass is 35.5. The average molecular weight is 295 g/mol. The molecule has 17 heavy (non-hydrogen) atoms. The van der Waals surface area contributed by atoms with E-state index >= 15 is 0 Å². The van der Waals surface area contributed by atoms with Crippen LogP contribution in [0.2, 0.25) is 15.2 Å². The van der Waals surface area contributed by atoms with Gasteiger partial charge in [-0.25, -0.2) is 4.98 Å². The summed E-state index contributed by atoms with van der Waals surface area (Å²) in [7, 11) is 0. The van der Waals surface area contributed by atoms with Gasteiger partial charge in [0.1, 0.15) is 5.15 Å². The largest absolute Gasteiger partial charge is 0.314 e. The summed E-state index contributed by atoms with van der Waals surface area (Å²) in [4.78, 5) is 6.27. The molecule has 1 aliphatic rings. The van der Waals surface area contributed by atoms with E-state index in [0.717, 1.165) is 31.7 Å². The monoisotopic (exact) mass is 293 g/mol. The first kappa shape index (κ1) is 13.4. The SMILES string of the molecule is C[C@@H](c1c(Cl)cnc(Cl)c1Cl)N1CCNCC1. The maximum Gasteiger partial charge on any atom is 0.148 e. The summed E-state index contributed by atoms with van der Waals surface area (Å²) < 4.78 is 0. The fourth-order valence-corrected chi connectivity index (χ4v) is 2.90. The predicted molar refractivity (Wildman–Crippen MR) is 72.1 cm³/mol. The molecule has 1 atom stereocenters. The van der Waals surface area contributed by atoms with Crippen molar-refractivity contribution < 1.29 is 0 Å². The molecule has 1 aromatic rings. The molecule has 0 saturated carbocycles. The Hall–Kier alpha value is -0.0600. The Morgan fingerprint density at radius 1 is 1.29 bits per heavy atom. The summed E-state index contributed by atoms with van der Waals surface area (Å²) in [5.41, 5.74) is 0.871. The number of piperazine rings is 1. The smallest absolute Gasteiger partial charge is 0.148 e. The van der Waals surface area contributed by atoms with Gasteiger partial charge in [0.05, 0.1) is 10.0 Å². The van der Waals surface area contributed by atoms with E-state index in [0.29, 0.717) is 15.2 Å². The van der Waals surface area contributed by atoms with Crippen molar-refractivity contribution in [3.8, 4) is 0 Å². The first-order valence-corrected chi connectivity index (χ1v) is 6.69. The maximum absolute atomic E-state index is 6.19. The van der Waals surface area contributed by atoms with E-state index in [1.165, 1.54) is 0 Å². The normalized spacial score (nSPS) is 19.3. The summed E-state index contributed by atoms with van der Waals surface area (Å²) in [6.07, 6.45) is 1.56. The Morgan fingerprint density at radius 2 is 1.94 bits per heavy atom. The van der Waals surface area contributed by atoms with Gasteiger partial charge in [-0.05, 0) is 6.92 Å². The van der Waals surface area contributed by atoms with E-state index in [1.807, 2.05) is 0 Å². The van der Waals surface area contributed by atoms with Crippen LogP contribution < -0.4 is 5.32 Å². The Balaban J connectivity index is 2.29. The molecule has 6 heteroatoms. The number of halogens is 3. The molecule has 2 rings (SSSR count). The number of hydrogen-bond donors (Lipinski definition) is 1. The van der Waals surface area contributed by atoms with E-state index < -0.39 is 0 Å². The molecule has 0 unspecified atom stereocenters. The number of nitrogens with zero attached hydrogens (tertiary/aromatic N) is 2. The van der Waals surface area contributed by atoms with Crippen molar-refractivity contribution in [2.45, 2.75) is 13.0 Å². The van der Waals surface area contributed by atoms with E-state index in [9.17, 15) is 0 Å². The van der Waals surface area contributed by atoms with Gasteiger partial charge in [0.25, 0.3) is 0 Å². The Bertz CT molecular complexity index is 405. The highest BCUT2D eigenvalue weighted by molar-refractivity contribution is 6.43. The minimum atomic E-state index is 0.151. The van der Waals surface area contributed by atoms with Gasteiger partial charge in [-0.1, -0.05) is 34.8 Å². The van der Waals surface area contributed by atoms with Crippen LogP contribution in [0.1, 0.15) is 18.5 Å². The molecule has 94 valence electrons. The third-order valence-corrected chi connectivity index (χ3v) is 4.15. The summed E-state index contributed by atoms with van der Waals surface area (Å²) in [6.45, 7) is 6.02. The molecule has 1 N–H and O–H groups in total. The molecule has 1 aliphatic heterocycles. The average Bonchev–Trinajstić information content (AvgIpc) is 2.35. The van der Waals surface area contributed by atoms with Gasteiger partial charge in [0.2, 0.25) is 0 Å². The topological polar surface area (TPSA) is 28.2 Å². The zero-order valence-electron chi connectivity index (χ0n) is 9.51. The van der Waals surface area contributed by atoms with Gasteiger partial charge in [0.15, 0.2) is 0 Å².